The second-order valence-corrected chi connectivity index (χ2v) is 9.67. The Kier molecular flexibility index (Phi) is 5.65. The second kappa shape index (κ2) is 8.72. The number of pyridine rings is 1. The highest BCUT2D eigenvalue weighted by Crippen LogP contribution is 2.31. The molecular weight excluding hydrogens is 424 g/mol. The zero-order valence-electron chi connectivity index (χ0n) is 17.6. The number of nitrogens with zero attached hydrogens (tertiary/aromatic N) is 5. The minimum Gasteiger partial charge on any atom is -0.370 e. The Labute approximate surface area is 190 Å². The van der Waals surface area contributed by atoms with Gasteiger partial charge in [0.05, 0.1) is 11.4 Å². The molecule has 4 heterocycles. The van der Waals surface area contributed by atoms with E-state index in [2.05, 4.69) is 56.8 Å². The summed E-state index contributed by atoms with van der Waals surface area (Å²) < 4.78 is 1.92. The smallest absolute Gasteiger partial charge is 0.187 e. The third kappa shape index (κ3) is 4.45. The molecule has 0 atom stereocenters. The van der Waals surface area contributed by atoms with Gasteiger partial charge in [0.15, 0.2) is 5.13 Å². The van der Waals surface area contributed by atoms with Gasteiger partial charge in [0, 0.05) is 59.3 Å². The van der Waals surface area contributed by atoms with Gasteiger partial charge in [-0.1, -0.05) is 6.07 Å². The van der Waals surface area contributed by atoms with Crippen LogP contribution in [0.25, 0.3) is 17.1 Å². The SMILES string of the molecule is Cc1cn(-c2ccc(-c3csc(Nc4cc(N5CCSCC5)ccc4C)n3)cn2)cn1. The van der Waals surface area contributed by atoms with Crippen LogP contribution in [-0.4, -0.2) is 44.1 Å². The van der Waals surface area contributed by atoms with E-state index in [1.165, 1.54) is 22.8 Å². The zero-order valence-corrected chi connectivity index (χ0v) is 19.2. The van der Waals surface area contributed by atoms with Crippen molar-refractivity contribution in [3.8, 4) is 17.1 Å². The normalized spacial score (nSPS) is 14.1. The largest absolute Gasteiger partial charge is 0.370 e. The van der Waals surface area contributed by atoms with Crippen LogP contribution in [0.4, 0.5) is 16.5 Å². The van der Waals surface area contributed by atoms with Crippen LogP contribution >= 0.6 is 23.1 Å². The number of nitrogens with one attached hydrogen (secondary N) is 1. The lowest BCUT2D eigenvalue weighted by molar-refractivity contribution is 0.859. The fraction of sp³-hybridized carbons (Fsp3) is 0.261. The van der Waals surface area contributed by atoms with Crippen LogP contribution in [0.3, 0.4) is 0 Å². The predicted octanol–water partition coefficient (Wildman–Crippen LogP) is 5.30. The Bertz CT molecular complexity index is 1180. The van der Waals surface area contributed by atoms with E-state index in [0.717, 1.165) is 46.7 Å². The van der Waals surface area contributed by atoms with Crippen molar-refractivity contribution in [3.05, 3.63) is 65.7 Å². The summed E-state index contributed by atoms with van der Waals surface area (Å²) in [4.78, 5) is 16.1. The van der Waals surface area contributed by atoms with Gasteiger partial charge >= 0.3 is 0 Å². The number of aromatic nitrogens is 4. The summed E-state index contributed by atoms with van der Waals surface area (Å²) in [6.07, 6.45) is 5.61. The third-order valence-corrected chi connectivity index (χ3v) is 7.06. The molecule has 0 radical (unpaired) electrons. The fourth-order valence-electron chi connectivity index (χ4n) is 3.58. The van der Waals surface area contributed by atoms with Gasteiger partial charge in [0.1, 0.15) is 12.1 Å². The Hall–Kier alpha value is -2.84. The molecule has 3 aromatic heterocycles. The minimum absolute atomic E-state index is 0.849. The quantitative estimate of drug-likeness (QED) is 0.447. The van der Waals surface area contributed by atoms with Crippen LogP contribution in [-0.2, 0) is 0 Å². The number of hydrogen-bond donors (Lipinski definition) is 1. The topological polar surface area (TPSA) is 58.9 Å². The van der Waals surface area contributed by atoms with Crippen LogP contribution < -0.4 is 10.2 Å². The summed E-state index contributed by atoms with van der Waals surface area (Å²) in [5.41, 5.74) is 6.50. The summed E-state index contributed by atoms with van der Waals surface area (Å²) in [6.45, 7) is 6.32. The lowest BCUT2D eigenvalue weighted by Crippen LogP contribution is -2.32. The van der Waals surface area contributed by atoms with E-state index in [4.69, 9.17) is 4.98 Å². The first-order valence-corrected chi connectivity index (χ1v) is 12.3. The molecule has 0 aliphatic carbocycles. The Morgan fingerprint density at radius 3 is 2.65 bits per heavy atom. The first-order chi connectivity index (χ1) is 15.2. The molecule has 0 spiro atoms. The number of thioether (sulfide) groups is 1. The molecule has 4 aromatic rings. The molecule has 1 aromatic carbocycles. The number of hydrogen-bond acceptors (Lipinski definition) is 7. The number of anilines is 3. The molecule has 6 nitrogen and oxygen atoms in total. The van der Waals surface area contributed by atoms with E-state index in [9.17, 15) is 0 Å². The number of benzene rings is 1. The van der Waals surface area contributed by atoms with E-state index in [1.54, 1.807) is 17.7 Å². The van der Waals surface area contributed by atoms with Crippen molar-refractivity contribution >= 4 is 39.6 Å². The van der Waals surface area contributed by atoms with Crippen molar-refractivity contribution in [3.63, 3.8) is 0 Å². The van der Waals surface area contributed by atoms with Crippen molar-refractivity contribution in [2.24, 2.45) is 0 Å². The monoisotopic (exact) mass is 448 g/mol. The summed E-state index contributed by atoms with van der Waals surface area (Å²) >= 11 is 3.64. The standard InChI is InChI=1S/C23H24N6S2/c1-16-3-5-19(28-7-9-30-10-8-28)11-20(16)26-23-27-21(14-31-23)18-4-6-22(24-12-18)29-13-17(2)25-15-29/h3-6,11-15H,7-10H2,1-2H3,(H,26,27). The van der Waals surface area contributed by atoms with Gasteiger partial charge in [0.2, 0.25) is 0 Å². The maximum absolute atomic E-state index is 4.80. The molecule has 1 aliphatic rings. The van der Waals surface area contributed by atoms with Crippen LogP contribution in [0, 0.1) is 13.8 Å². The van der Waals surface area contributed by atoms with Gasteiger partial charge in [-0.25, -0.2) is 15.0 Å². The van der Waals surface area contributed by atoms with Crippen molar-refractivity contribution in [2.45, 2.75) is 13.8 Å². The highest BCUT2D eigenvalue weighted by Gasteiger charge is 2.13. The molecule has 1 aliphatic heterocycles. The Morgan fingerprint density at radius 1 is 1.03 bits per heavy atom. The summed E-state index contributed by atoms with van der Waals surface area (Å²) in [6, 6.07) is 10.7. The lowest BCUT2D eigenvalue weighted by Gasteiger charge is -2.29. The maximum Gasteiger partial charge on any atom is 0.187 e. The summed E-state index contributed by atoms with van der Waals surface area (Å²) in [7, 11) is 0. The first-order valence-electron chi connectivity index (χ1n) is 10.3. The molecule has 5 rings (SSSR count). The van der Waals surface area contributed by atoms with Gasteiger partial charge < -0.3 is 10.2 Å². The number of thiazole rings is 1. The molecular formula is C23H24N6S2. The molecule has 1 N–H and O–H groups in total. The van der Waals surface area contributed by atoms with Crippen molar-refractivity contribution in [1.82, 2.24) is 19.5 Å². The average Bonchev–Trinajstić information content (AvgIpc) is 3.45. The van der Waals surface area contributed by atoms with Gasteiger partial charge in [0.25, 0.3) is 0 Å². The Morgan fingerprint density at radius 2 is 1.90 bits per heavy atom. The molecule has 1 saturated heterocycles. The minimum atomic E-state index is 0.849. The van der Waals surface area contributed by atoms with Gasteiger partial charge in [-0.3, -0.25) is 4.57 Å². The molecule has 0 unspecified atom stereocenters. The van der Waals surface area contributed by atoms with Crippen LogP contribution in [0.2, 0.25) is 0 Å². The highest BCUT2D eigenvalue weighted by molar-refractivity contribution is 7.99. The predicted molar refractivity (Wildman–Crippen MR) is 131 cm³/mol. The number of imidazole rings is 1. The highest BCUT2D eigenvalue weighted by atomic mass is 32.2. The fourth-order valence-corrected chi connectivity index (χ4v) is 5.21. The summed E-state index contributed by atoms with van der Waals surface area (Å²) in [5.74, 6) is 3.24. The van der Waals surface area contributed by atoms with E-state index in [0.29, 0.717) is 0 Å². The van der Waals surface area contributed by atoms with E-state index >= 15 is 0 Å². The molecule has 158 valence electrons. The van der Waals surface area contributed by atoms with Crippen molar-refractivity contribution < 1.29 is 0 Å². The van der Waals surface area contributed by atoms with Crippen molar-refractivity contribution in [1.29, 1.82) is 0 Å². The second-order valence-electron chi connectivity index (χ2n) is 7.59. The third-order valence-electron chi connectivity index (χ3n) is 5.36. The molecule has 0 amide bonds. The lowest BCUT2D eigenvalue weighted by atomic mass is 10.1. The van der Waals surface area contributed by atoms with E-state index in [1.807, 2.05) is 41.7 Å². The first kappa shape index (κ1) is 20.1. The zero-order chi connectivity index (χ0) is 21.2. The van der Waals surface area contributed by atoms with Gasteiger partial charge in [-0.15, -0.1) is 11.3 Å². The maximum atomic E-state index is 4.80. The molecule has 8 heteroatoms. The summed E-state index contributed by atoms with van der Waals surface area (Å²) in [5, 5.41) is 6.48. The van der Waals surface area contributed by atoms with Crippen LogP contribution in [0.5, 0.6) is 0 Å². The Balaban J connectivity index is 1.33. The molecule has 0 bridgehead atoms. The molecule has 1 fully saturated rings. The van der Waals surface area contributed by atoms with Crippen LogP contribution in [0.1, 0.15) is 11.3 Å². The van der Waals surface area contributed by atoms with Crippen LogP contribution in [0.15, 0.2) is 54.4 Å². The average molecular weight is 449 g/mol. The van der Waals surface area contributed by atoms with Gasteiger partial charge in [-0.05, 0) is 43.7 Å². The number of aryl methyl sites for hydroxylation is 2. The van der Waals surface area contributed by atoms with Gasteiger partial charge in [-0.2, -0.15) is 11.8 Å². The van der Waals surface area contributed by atoms with E-state index in [-0.39, 0.29) is 0 Å². The van der Waals surface area contributed by atoms with Crippen molar-refractivity contribution in [2.75, 3.05) is 34.8 Å². The number of rotatable bonds is 5. The molecule has 31 heavy (non-hydrogen) atoms. The molecule has 0 saturated carbocycles. The van der Waals surface area contributed by atoms with E-state index < -0.39 is 0 Å².